The monoisotopic (exact) mass is 227 g/mol. The Bertz CT molecular complexity index is 212. The summed E-state index contributed by atoms with van der Waals surface area (Å²) in [6.07, 6.45) is 5.94. The number of carbonyl (C=O) groups is 1. The topological polar surface area (TPSA) is 29.5 Å². The highest BCUT2D eigenvalue weighted by Crippen LogP contribution is 2.26. The molecular formula is C13H25NO2. The van der Waals surface area contributed by atoms with E-state index < -0.39 is 0 Å². The van der Waals surface area contributed by atoms with Crippen molar-refractivity contribution >= 4 is 5.97 Å². The number of carbonyl (C=O) groups excluding carboxylic acids is 1. The first-order valence-electron chi connectivity index (χ1n) is 6.66. The number of rotatable bonds is 6. The van der Waals surface area contributed by atoms with E-state index in [9.17, 15) is 4.79 Å². The fraction of sp³-hybridized carbons (Fsp3) is 0.923. The molecule has 1 atom stereocenters. The molecule has 0 aromatic carbocycles. The van der Waals surface area contributed by atoms with Crippen LogP contribution >= 0.6 is 0 Å². The summed E-state index contributed by atoms with van der Waals surface area (Å²) < 4.78 is 5.16. The Hall–Kier alpha value is -0.570. The van der Waals surface area contributed by atoms with Gasteiger partial charge in [-0.3, -0.25) is 9.69 Å². The minimum absolute atomic E-state index is 0.0342. The van der Waals surface area contributed by atoms with Gasteiger partial charge in [0.05, 0.1) is 6.61 Å². The van der Waals surface area contributed by atoms with E-state index in [1.165, 1.54) is 25.7 Å². The highest BCUT2D eigenvalue weighted by atomic mass is 16.5. The first-order valence-corrected chi connectivity index (χ1v) is 6.66. The molecule has 0 aromatic rings. The van der Waals surface area contributed by atoms with Crippen molar-refractivity contribution < 1.29 is 9.53 Å². The molecule has 0 radical (unpaired) electrons. The third-order valence-corrected chi connectivity index (χ3v) is 3.50. The molecule has 0 aliphatic heterocycles. The molecule has 1 saturated carbocycles. The van der Waals surface area contributed by atoms with Crippen LogP contribution in [0.2, 0.25) is 0 Å². The molecule has 1 aliphatic carbocycles. The third kappa shape index (κ3) is 3.21. The highest BCUT2D eigenvalue weighted by Gasteiger charge is 2.31. The van der Waals surface area contributed by atoms with Gasteiger partial charge in [0.25, 0.3) is 0 Å². The maximum Gasteiger partial charge on any atom is 0.323 e. The van der Waals surface area contributed by atoms with Gasteiger partial charge >= 0.3 is 5.97 Å². The Labute approximate surface area is 99.1 Å². The number of likely N-dealkylation sites (N-methyl/N-ethyl adjacent to an activating group) is 1. The number of hydrogen-bond acceptors (Lipinski definition) is 3. The van der Waals surface area contributed by atoms with E-state index in [4.69, 9.17) is 4.74 Å². The largest absolute Gasteiger partial charge is 0.465 e. The second kappa shape index (κ2) is 6.89. The van der Waals surface area contributed by atoms with Crippen LogP contribution in [0, 0.1) is 0 Å². The van der Waals surface area contributed by atoms with Crippen molar-refractivity contribution in [1.29, 1.82) is 0 Å². The zero-order valence-electron chi connectivity index (χ0n) is 10.9. The quantitative estimate of drug-likeness (QED) is 0.653. The molecule has 1 fully saturated rings. The lowest BCUT2D eigenvalue weighted by Gasteiger charge is -2.33. The van der Waals surface area contributed by atoms with Crippen molar-refractivity contribution in [2.24, 2.45) is 0 Å². The van der Waals surface area contributed by atoms with Crippen LogP contribution in [0.15, 0.2) is 0 Å². The second-order valence-electron chi connectivity index (χ2n) is 4.44. The summed E-state index contributed by atoms with van der Waals surface area (Å²) in [7, 11) is 0. The average Bonchev–Trinajstić information content (AvgIpc) is 2.79. The zero-order valence-corrected chi connectivity index (χ0v) is 10.9. The minimum atomic E-state index is -0.0428. The lowest BCUT2D eigenvalue weighted by atomic mass is 10.1. The normalized spacial score (nSPS) is 19.0. The molecule has 94 valence electrons. The molecular weight excluding hydrogens is 202 g/mol. The van der Waals surface area contributed by atoms with Gasteiger partial charge in [-0.1, -0.05) is 26.7 Å². The number of esters is 1. The summed E-state index contributed by atoms with van der Waals surface area (Å²) in [5.41, 5.74) is 0. The second-order valence-corrected chi connectivity index (χ2v) is 4.44. The average molecular weight is 227 g/mol. The zero-order chi connectivity index (χ0) is 12.0. The SMILES string of the molecule is CCOC(=O)C(CC)N(CC)C1CCCC1. The summed E-state index contributed by atoms with van der Waals surface area (Å²) in [5.74, 6) is -0.0428. The van der Waals surface area contributed by atoms with Crippen molar-refractivity contribution in [3.63, 3.8) is 0 Å². The fourth-order valence-corrected chi connectivity index (χ4v) is 2.74. The van der Waals surface area contributed by atoms with Crippen molar-refractivity contribution in [2.45, 2.75) is 65.0 Å². The van der Waals surface area contributed by atoms with Crippen LogP contribution in [0.3, 0.4) is 0 Å². The number of ether oxygens (including phenoxy) is 1. The van der Waals surface area contributed by atoms with Crippen molar-refractivity contribution in [1.82, 2.24) is 4.90 Å². The summed E-state index contributed by atoms with van der Waals surface area (Å²) in [6.45, 7) is 7.51. The minimum Gasteiger partial charge on any atom is -0.465 e. The summed E-state index contributed by atoms with van der Waals surface area (Å²) >= 11 is 0. The molecule has 0 aromatic heterocycles. The highest BCUT2D eigenvalue weighted by molar-refractivity contribution is 5.75. The predicted molar refractivity (Wildman–Crippen MR) is 65.3 cm³/mol. The molecule has 3 heteroatoms. The van der Waals surface area contributed by atoms with Crippen LogP contribution in [0.4, 0.5) is 0 Å². The van der Waals surface area contributed by atoms with Crippen LogP contribution < -0.4 is 0 Å². The molecule has 0 N–H and O–H groups in total. The van der Waals surface area contributed by atoms with Gasteiger partial charge in [-0.15, -0.1) is 0 Å². The first kappa shape index (κ1) is 13.5. The maximum atomic E-state index is 11.9. The third-order valence-electron chi connectivity index (χ3n) is 3.50. The van der Waals surface area contributed by atoms with Crippen LogP contribution in [-0.2, 0) is 9.53 Å². The standard InChI is InChI=1S/C13H25NO2/c1-4-12(13(15)16-6-3)14(5-2)11-9-7-8-10-11/h11-12H,4-10H2,1-3H3. The van der Waals surface area contributed by atoms with E-state index >= 15 is 0 Å². The van der Waals surface area contributed by atoms with Gasteiger partial charge < -0.3 is 4.74 Å². The fourth-order valence-electron chi connectivity index (χ4n) is 2.74. The molecule has 1 unspecified atom stereocenters. The Morgan fingerprint density at radius 3 is 2.38 bits per heavy atom. The van der Waals surface area contributed by atoms with Gasteiger partial charge in [-0.2, -0.15) is 0 Å². The Morgan fingerprint density at radius 1 is 1.31 bits per heavy atom. The van der Waals surface area contributed by atoms with Crippen molar-refractivity contribution in [3.05, 3.63) is 0 Å². The molecule has 1 aliphatic rings. The van der Waals surface area contributed by atoms with Crippen LogP contribution in [0.1, 0.15) is 52.9 Å². The first-order chi connectivity index (χ1) is 7.74. The predicted octanol–water partition coefficient (Wildman–Crippen LogP) is 2.59. The Kier molecular flexibility index (Phi) is 5.81. The molecule has 0 heterocycles. The van der Waals surface area contributed by atoms with E-state index in [1.54, 1.807) is 0 Å². The number of nitrogens with zero attached hydrogens (tertiary/aromatic N) is 1. The van der Waals surface area contributed by atoms with Crippen LogP contribution in [0.25, 0.3) is 0 Å². The molecule has 0 spiro atoms. The van der Waals surface area contributed by atoms with Crippen LogP contribution in [0.5, 0.6) is 0 Å². The lowest BCUT2D eigenvalue weighted by molar-refractivity contribution is -0.150. The smallest absolute Gasteiger partial charge is 0.323 e. The Balaban J connectivity index is 2.62. The van der Waals surface area contributed by atoms with Crippen LogP contribution in [-0.4, -0.2) is 36.1 Å². The maximum absolute atomic E-state index is 11.9. The van der Waals surface area contributed by atoms with Crippen molar-refractivity contribution in [3.8, 4) is 0 Å². The van der Waals surface area contributed by atoms with Gasteiger partial charge in [0.15, 0.2) is 0 Å². The molecule has 0 amide bonds. The van der Waals surface area contributed by atoms with Gasteiger partial charge in [0, 0.05) is 6.04 Å². The Morgan fingerprint density at radius 2 is 1.94 bits per heavy atom. The molecule has 0 saturated heterocycles. The summed E-state index contributed by atoms with van der Waals surface area (Å²) in [5, 5.41) is 0. The summed E-state index contributed by atoms with van der Waals surface area (Å²) in [4.78, 5) is 14.2. The van der Waals surface area contributed by atoms with Gasteiger partial charge in [0.2, 0.25) is 0 Å². The van der Waals surface area contributed by atoms with E-state index in [0.29, 0.717) is 12.6 Å². The number of hydrogen-bond donors (Lipinski definition) is 0. The van der Waals surface area contributed by atoms with Crippen molar-refractivity contribution in [2.75, 3.05) is 13.2 Å². The molecule has 0 bridgehead atoms. The van der Waals surface area contributed by atoms with E-state index in [0.717, 1.165) is 13.0 Å². The molecule has 1 rings (SSSR count). The van der Waals surface area contributed by atoms with E-state index in [2.05, 4.69) is 18.7 Å². The summed E-state index contributed by atoms with van der Waals surface area (Å²) in [6, 6.07) is 0.562. The molecule has 16 heavy (non-hydrogen) atoms. The van der Waals surface area contributed by atoms with E-state index in [-0.39, 0.29) is 12.0 Å². The van der Waals surface area contributed by atoms with Gasteiger partial charge in [-0.25, -0.2) is 0 Å². The van der Waals surface area contributed by atoms with E-state index in [1.807, 2.05) is 6.92 Å². The molecule has 3 nitrogen and oxygen atoms in total. The lowest BCUT2D eigenvalue weighted by Crippen LogP contribution is -2.46. The van der Waals surface area contributed by atoms with Gasteiger partial charge in [0.1, 0.15) is 6.04 Å². The van der Waals surface area contributed by atoms with Gasteiger partial charge in [-0.05, 0) is 32.7 Å².